The summed E-state index contributed by atoms with van der Waals surface area (Å²) in [5, 5.41) is 13.0. The van der Waals surface area contributed by atoms with Crippen molar-refractivity contribution in [3.63, 3.8) is 0 Å². The van der Waals surface area contributed by atoms with E-state index in [2.05, 4.69) is 10.3 Å². The monoisotopic (exact) mass is 489 g/mol. The van der Waals surface area contributed by atoms with E-state index in [1.165, 1.54) is 19.2 Å². The molecule has 4 N–H and O–H groups in total. The summed E-state index contributed by atoms with van der Waals surface area (Å²) < 4.78 is 20.8. The molecule has 0 aliphatic heterocycles. The molecule has 186 valence electrons. The quantitative estimate of drug-likeness (QED) is 0.376. The Labute approximate surface area is 208 Å². The molecule has 1 aliphatic rings. The largest absolute Gasteiger partial charge is 0.496 e. The van der Waals surface area contributed by atoms with E-state index in [4.69, 9.17) is 15.5 Å². The molecule has 1 amide bonds. The minimum Gasteiger partial charge on any atom is -0.496 e. The normalized spacial score (nSPS) is 17.8. The first-order chi connectivity index (χ1) is 17.4. The number of nitrogen functional groups attached to an aromatic ring is 1. The summed E-state index contributed by atoms with van der Waals surface area (Å²) in [6, 6.07) is 11.5. The number of benzene rings is 2. The zero-order valence-electron chi connectivity index (χ0n) is 19.9. The van der Waals surface area contributed by atoms with Gasteiger partial charge in [0.15, 0.2) is 0 Å². The molecule has 0 saturated heterocycles. The lowest BCUT2D eigenvalue weighted by atomic mass is 9.87. The number of hydrogen-bond acceptors (Lipinski definition) is 6. The van der Waals surface area contributed by atoms with Crippen LogP contribution in [0.4, 0.5) is 10.2 Å². The van der Waals surface area contributed by atoms with Gasteiger partial charge < -0.3 is 20.9 Å². The first-order valence-electron chi connectivity index (χ1n) is 12.0. The molecule has 4 aromatic rings. The number of halogens is 1. The van der Waals surface area contributed by atoms with Crippen LogP contribution in [0.2, 0.25) is 0 Å². The smallest absolute Gasteiger partial charge is 0.255 e. The zero-order valence-corrected chi connectivity index (χ0v) is 19.9. The van der Waals surface area contributed by atoms with Crippen LogP contribution in [0.25, 0.3) is 16.8 Å². The van der Waals surface area contributed by atoms with Crippen LogP contribution in [-0.4, -0.2) is 38.6 Å². The summed E-state index contributed by atoms with van der Waals surface area (Å²) in [4.78, 5) is 21.8. The van der Waals surface area contributed by atoms with Crippen molar-refractivity contribution < 1.29 is 19.0 Å². The number of fused-ring (bicyclic) bond motifs is 1. The molecule has 2 unspecified atom stereocenters. The van der Waals surface area contributed by atoms with Gasteiger partial charge in [-0.25, -0.2) is 14.4 Å². The van der Waals surface area contributed by atoms with E-state index in [9.17, 15) is 14.3 Å². The SMILES string of the molecule is COc1ccc(F)cc1C(=O)NCc1ccc(-c2nc(C3CCCC(O)C3)n3ccnc(N)c23)cc1. The van der Waals surface area contributed by atoms with Crippen molar-refractivity contribution in [3.05, 3.63) is 77.6 Å². The van der Waals surface area contributed by atoms with E-state index >= 15 is 0 Å². The number of ether oxygens (including phenoxy) is 1. The molecule has 2 atom stereocenters. The molecule has 1 aliphatic carbocycles. The maximum Gasteiger partial charge on any atom is 0.255 e. The number of methoxy groups -OCH3 is 1. The molecule has 2 aromatic carbocycles. The van der Waals surface area contributed by atoms with E-state index < -0.39 is 11.7 Å². The Bertz CT molecular complexity index is 1400. The lowest BCUT2D eigenvalue weighted by Gasteiger charge is -2.24. The van der Waals surface area contributed by atoms with Gasteiger partial charge in [0.05, 0.1) is 18.8 Å². The molecular weight excluding hydrogens is 461 g/mol. The molecule has 8 nitrogen and oxygen atoms in total. The van der Waals surface area contributed by atoms with Crippen molar-refractivity contribution in [1.82, 2.24) is 19.7 Å². The van der Waals surface area contributed by atoms with Gasteiger partial charge in [0.1, 0.15) is 34.4 Å². The highest BCUT2D eigenvalue weighted by molar-refractivity contribution is 5.97. The van der Waals surface area contributed by atoms with E-state index in [1.807, 2.05) is 34.9 Å². The minimum absolute atomic E-state index is 0.141. The maximum atomic E-state index is 13.6. The van der Waals surface area contributed by atoms with Crippen LogP contribution in [0.3, 0.4) is 0 Å². The molecule has 2 aromatic heterocycles. The predicted octanol–water partition coefficient (Wildman–Crippen LogP) is 4.07. The first kappa shape index (κ1) is 23.7. The minimum atomic E-state index is -0.506. The Morgan fingerprint density at radius 2 is 2.06 bits per heavy atom. The fourth-order valence-electron chi connectivity index (χ4n) is 4.89. The predicted molar refractivity (Wildman–Crippen MR) is 134 cm³/mol. The lowest BCUT2D eigenvalue weighted by Crippen LogP contribution is -2.23. The van der Waals surface area contributed by atoms with Crippen molar-refractivity contribution in [2.75, 3.05) is 12.8 Å². The lowest BCUT2D eigenvalue weighted by molar-refractivity contribution is 0.0947. The van der Waals surface area contributed by atoms with Crippen LogP contribution < -0.4 is 15.8 Å². The molecule has 0 spiro atoms. The number of aromatic nitrogens is 3. The number of hydrogen-bond donors (Lipinski definition) is 3. The number of aliphatic hydroxyl groups excluding tert-OH is 1. The van der Waals surface area contributed by atoms with Crippen LogP contribution in [0.5, 0.6) is 5.75 Å². The number of nitrogens with two attached hydrogens (primary N) is 1. The van der Waals surface area contributed by atoms with Gasteiger partial charge in [-0.1, -0.05) is 30.7 Å². The summed E-state index contributed by atoms with van der Waals surface area (Å²) >= 11 is 0. The average molecular weight is 490 g/mol. The number of carbonyl (C=O) groups excluding carboxylic acids is 1. The summed E-state index contributed by atoms with van der Waals surface area (Å²) in [6.45, 7) is 0.262. The van der Waals surface area contributed by atoms with E-state index in [-0.39, 0.29) is 24.1 Å². The van der Waals surface area contributed by atoms with Gasteiger partial charge in [-0.05, 0) is 43.0 Å². The van der Waals surface area contributed by atoms with Crippen molar-refractivity contribution >= 4 is 17.2 Å². The Hall–Kier alpha value is -3.98. The number of nitrogens with one attached hydrogen (secondary N) is 1. The second-order valence-corrected chi connectivity index (χ2v) is 9.09. The van der Waals surface area contributed by atoms with Gasteiger partial charge in [0.25, 0.3) is 5.91 Å². The number of amides is 1. The number of nitrogens with zero attached hydrogens (tertiary/aromatic N) is 3. The van der Waals surface area contributed by atoms with Gasteiger partial charge in [-0.2, -0.15) is 0 Å². The van der Waals surface area contributed by atoms with E-state index in [0.717, 1.165) is 53.5 Å². The van der Waals surface area contributed by atoms with Gasteiger partial charge in [-0.15, -0.1) is 0 Å². The third kappa shape index (κ3) is 4.61. The molecule has 5 rings (SSSR count). The van der Waals surface area contributed by atoms with Crippen molar-refractivity contribution in [3.8, 4) is 17.0 Å². The number of carbonyl (C=O) groups is 1. The van der Waals surface area contributed by atoms with Crippen LogP contribution in [0, 0.1) is 5.82 Å². The highest BCUT2D eigenvalue weighted by Gasteiger charge is 2.27. The van der Waals surface area contributed by atoms with Crippen LogP contribution in [0.1, 0.15) is 53.3 Å². The molecule has 1 saturated carbocycles. The second-order valence-electron chi connectivity index (χ2n) is 9.09. The third-order valence-electron chi connectivity index (χ3n) is 6.71. The molecule has 2 heterocycles. The topological polar surface area (TPSA) is 115 Å². The van der Waals surface area contributed by atoms with Crippen LogP contribution in [-0.2, 0) is 6.54 Å². The number of imidazole rings is 1. The first-order valence-corrected chi connectivity index (χ1v) is 12.0. The van der Waals surface area contributed by atoms with Gasteiger partial charge in [0.2, 0.25) is 0 Å². The average Bonchev–Trinajstić information content (AvgIpc) is 3.28. The molecule has 0 radical (unpaired) electrons. The number of aliphatic hydroxyl groups is 1. The Balaban J connectivity index is 1.38. The molecule has 9 heteroatoms. The zero-order chi connectivity index (χ0) is 25.2. The Morgan fingerprint density at radius 3 is 2.81 bits per heavy atom. The van der Waals surface area contributed by atoms with Gasteiger partial charge in [-0.3, -0.25) is 9.20 Å². The van der Waals surface area contributed by atoms with Crippen molar-refractivity contribution in [2.45, 2.75) is 44.2 Å². The Morgan fingerprint density at radius 1 is 1.25 bits per heavy atom. The van der Waals surface area contributed by atoms with Crippen molar-refractivity contribution in [2.24, 2.45) is 0 Å². The molecule has 1 fully saturated rings. The second kappa shape index (κ2) is 9.94. The molecule has 0 bridgehead atoms. The number of anilines is 1. The highest BCUT2D eigenvalue weighted by atomic mass is 19.1. The van der Waals surface area contributed by atoms with Crippen LogP contribution in [0.15, 0.2) is 54.9 Å². The third-order valence-corrected chi connectivity index (χ3v) is 6.71. The summed E-state index contributed by atoms with van der Waals surface area (Å²) in [5.74, 6) is 0.799. The fourth-order valence-corrected chi connectivity index (χ4v) is 4.89. The van der Waals surface area contributed by atoms with Crippen molar-refractivity contribution in [1.29, 1.82) is 0 Å². The fraction of sp³-hybridized carbons (Fsp3) is 0.296. The molecular formula is C27H28FN5O3. The number of rotatable bonds is 6. The van der Waals surface area contributed by atoms with E-state index in [0.29, 0.717) is 18.0 Å². The van der Waals surface area contributed by atoms with Gasteiger partial charge in [0, 0.05) is 30.4 Å². The Kier molecular flexibility index (Phi) is 6.56. The summed E-state index contributed by atoms with van der Waals surface area (Å²) in [7, 11) is 1.44. The standard InChI is InChI=1S/C27H28FN5O3/c1-36-22-10-9-19(28)14-21(22)27(35)31-15-16-5-7-17(8-6-16)23-24-25(29)30-11-12-33(24)26(32-23)18-3-2-4-20(34)13-18/h5-12,14,18,20,34H,2-4,13,15H2,1H3,(H2,29,30)(H,31,35). The van der Waals surface area contributed by atoms with Gasteiger partial charge >= 0.3 is 0 Å². The van der Waals surface area contributed by atoms with Crippen LogP contribution >= 0.6 is 0 Å². The summed E-state index contributed by atoms with van der Waals surface area (Å²) in [6.07, 6.45) is 6.63. The maximum absolute atomic E-state index is 13.6. The molecule has 36 heavy (non-hydrogen) atoms. The highest BCUT2D eigenvalue weighted by Crippen LogP contribution is 2.36. The summed E-state index contributed by atoms with van der Waals surface area (Å²) in [5.41, 5.74) is 9.61. The van der Waals surface area contributed by atoms with E-state index in [1.54, 1.807) is 6.20 Å².